The Bertz CT molecular complexity index is 506. The first-order valence-corrected chi connectivity index (χ1v) is 6.78. The van der Waals surface area contributed by atoms with Crippen LogP contribution in [0, 0.1) is 5.92 Å². The molecule has 6 heteroatoms. The average molecular weight is 302 g/mol. The number of likely N-dealkylation sites (tertiary alicyclic amines) is 1. The Kier molecular flexibility index (Phi) is 4.32. The molecule has 1 aliphatic rings. The Labute approximate surface area is 120 Å². The van der Waals surface area contributed by atoms with E-state index in [-0.39, 0.29) is 18.2 Å². The second kappa shape index (κ2) is 5.80. The minimum atomic E-state index is -1.09. The first-order valence-electron chi connectivity index (χ1n) is 5.87. The number of carboxylic acids is 1. The number of hydrogen-bond acceptors (Lipinski definition) is 2. The molecule has 0 spiro atoms. The number of nitrogens with zero attached hydrogens (tertiary/aromatic N) is 1. The van der Waals surface area contributed by atoms with Crippen molar-refractivity contribution in [1.82, 2.24) is 4.90 Å². The summed E-state index contributed by atoms with van der Waals surface area (Å²) in [7, 11) is 0. The summed E-state index contributed by atoms with van der Waals surface area (Å²) < 4.78 is 0. The van der Waals surface area contributed by atoms with E-state index in [1.165, 1.54) is 4.90 Å². The van der Waals surface area contributed by atoms with Gasteiger partial charge < -0.3 is 10.0 Å². The highest BCUT2D eigenvalue weighted by Gasteiger charge is 2.38. The van der Waals surface area contributed by atoms with Gasteiger partial charge >= 0.3 is 5.97 Å². The van der Waals surface area contributed by atoms with Gasteiger partial charge in [-0.25, -0.2) is 4.79 Å². The summed E-state index contributed by atoms with van der Waals surface area (Å²) in [6.07, 6.45) is 0.289. The Morgan fingerprint density at radius 2 is 2.16 bits per heavy atom. The summed E-state index contributed by atoms with van der Waals surface area (Å²) in [5, 5.41) is 9.75. The topological polar surface area (TPSA) is 57.6 Å². The fourth-order valence-electron chi connectivity index (χ4n) is 2.29. The number of alkyl halides is 1. The number of amides is 1. The molecule has 1 heterocycles. The molecule has 0 radical (unpaired) electrons. The third kappa shape index (κ3) is 2.85. The fourth-order valence-corrected chi connectivity index (χ4v) is 2.74. The third-order valence-electron chi connectivity index (χ3n) is 3.20. The van der Waals surface area contributed by atoms with Crippen LogP contribution >= 0.6 is 23.2 Å². The predicted molar refractivity (Wildman–Crippen MR) is 72.4 cm³/mol. The summed E-state index contributed by atoms with van der Waals surface area (Å²) in [6, 6.07) is 5.62. The maximum atomic E-state index is 11.9. The number of aliphatic carboxylic acids is 1. The van der Waals surface area contributed by atoms with Gasteiger partial charge in [-0.15, -0.1) is 11.6 Å². The van der Waals surface area contributed by atoms with Crippen LogP contribution in [0.2, 0.25) is 5.02 Å². The molecule has 2 atom stereocenters. The van der Waals surface area contributed by atoms with Crippen LogP contribution in [0.1, 0.15) is 18.0 Å². The van der Waals surface area contributed by atoms with Gasteiger partial charge in [0.25, 0.3) is 0 Å². The van der Waals surface area contributed by atoms with E-state index in [9.17, 15) is 14.7 Å². The molecule has 1 fully saturated rings. The lowest BCUT2D eigenvalue weighted by Crippen LogP contribution is -2.35. The van der Waals surface area contributed by atoms with Crippen molar-refractivity contribution in [1.29, 1.82) is 0 Å². The number of hydrogen-bond donors (Lipinski definition) is 1. The molecule has 1 unspecified atom stereocenters. The van der Waals surface area contributed by atoms with Crippen LogP contribution in [0.25, 0.3) is 0 Å². The molecule has 1 aliphatic heterocycles. The number of benzene rings is 1. The fraction of sp³-hybridized carbons (Fsp3) is 0.385. The van der Waals surface area contributed by atoms with E-state index in [1.54, 1.807) is 24.3 Å². The average Bonchev–Trinajstić information content (AvgIpc) is 2.73. The van der Waals surface area contributed by atoms with Crippen LogP contribution < -0.4 is 0 Å². The molecule has 4 nitrogen and oxygen atoms in total. The van der Waals surface area contributed by atoms with Gasteiger partial charge in [-0.2, -0.15) is 0 Å². The molecule has 0 aliphatic carbocycles. The van der Waals surface area contributed by atoms with Gasteiger partial charge in [0.05, 0.1) is 0 Å². The molecule has 1 aromatic rings. The van der Waals surface area contributed by atoms with Gasteiger partial charge in [0, 0.05) is 29.4 Å². The lowest BCUT2D eigenvalue weighted by molar-refractivity contribution is -0.148. The van der Waals surface area contributed by atoms with Crippen LogP contribution in [-0.2, 0) is 9.59 Å². The third-order valence-corrected chi connectivity index (χ3v) is 3.98. The largest absolute Gasteiger partial charge is 0.479 e. The quantitative estimate of drug-likeness (QED) is 0.870. The van der Waals surface area contributed by atoms with E-state index < -0.39 is 12.0 Å². The zero-order valence-corrected chi connectivity index (χ0v) is 11.6. The zero-order chi connectivity index (χ0) is 14.0. The highest BCUT2D eigenvalue weighted by molar-refractivity contribution is 6.31. The first-order chi connectivity index (χ1) is 9.04. The molecule has 0 saturated carbocycles. The van der Waals surface area contributed by atoms with Crippen molar-refractivity contribution in [3.63, 3.8) is 0 Å². The van der Waals surface area contributed by atoms with Crippen LogP contribution in [0.3, 0.4) is 0 Å². The SMILES string of the molecule is O=C(O)[C@@H](c1ccccc1Cl)N1CC(CCl)CC1=O. The molecule has 19 heavy (non-hydrogen) atoms. The normalized spacial score (nSPS) is 20.6. The Morgan fingerprint density at radius 1 is 1.47 bits per heavy atom. The highest BCUT2D eigenvalue weighted by atomic mass is 35.5. The van der Waals surface area contributed by atoms with E-state index in [4.69, 9.17) is 23.2 Å². The Balaban J connectivity index is 2.35. The van der Waals surface area contributed by atoms with E-state index >= 15 is 0 Å². The predicted octanol–water partition coefficient (Wildman–Crippen LogP) is 2.55. The van der Waals surface area contributed by atoms with E-state index in [2.05, 4.69) is 0 Å². The van der Waals surface area contributed by atoms with Crippen molar-refractivity contribution in [3.8, 4) is 0 Å². The minimum absolute atomic E-state index is 0.00138. The van der Waals surface area contributed by atoms with Crippen molar-refractivity contribution < 1.29 is 14.7 Å². The lowest BCUT2D eigenvalue weighted by atomic mass is 10.1. The molecule has 1 amide bonds. The van der Waals surface area contributed by atoms with Crippen molar-refractivity contribution in [2.24, 2.45) is 5.92 Å². The number of carbonyl (C=O) groups excluding carboxylic acids is 1. The van der Waals surface area contributed by atoms with Gasteiger partial charge in [0.2, 0.25) is 5.91 Å². The monoisotopic (exact) mass is 301 g/mol. The van der Waals surface area contributed by atoms with Crippen molar-refractivity contribution in [2.45, 2.75) is 12.5 Å². The minimum Gasteiger partial charge on any atom is -0.479 e. The summed E-state index contributed by atoms with van der Waals surface area (Å²) in [6.45, 7) is 0.352. The molecule has 1 N–H and O–H groups in total. The van der Waals surface area contributed by atoms with Crippen molar-refractivity contribution in [2.75, 3.05) is 12.4 Å². The van der Waals surface area contributed by atoms with Crippen LogP contribution in [0.15, 0.2) is 24.3 Å². The molecule has 0 bridgehead atoms. The Morgan fingerprint density at radius 3 is 2.68 bits per heavy atom. The van der Waals surface area contributed by atoms with Gasteiger partial charge in [-0.05, 0) is 12.0 Å². The van der Waals surface area contributed by atoms with Gasteiger partial charge in [-0.3, -0.25) is 4.79 Å². The molecule has 1 saturated heterocycles. The molecule has 102 valence electrons. The van der Waals surface area contributed by atoms with Crippen LogP contribution in [0.5, 0.6) is 0 Å². The molecular formula is C13H13Cl2NO3. The van der Waals surface area contributed by atoms with Crippen molar-refractivity contribution >= 4 is 35.1 Å². The smallest absolute Gasteiger partial charge is 0.331 e. The Hall–Kier alpha value is -1.26. The summed E-state index contributed by atoms with van der Waals surface area (Å²) in [5.41, 5.74) is 0.431. The van der Waals surface area contributed by atoms with E-state index in [0.29, 0.717) is 23.0 Å². The summed E-state index contributed by atoms with van der Waals surface area (Å²) >= 11 is 11.8. The first kappa shape index (κ1) is 14.2. The lowest BCUT2D eigenvalue weighted by Gasteiger charge is -2.25. The molecule has 2 rings (SSSR count). The molecule has 0 aromatic heterocycles. The maximum Gasteiger partial charge on any atom is 0.331 e. The van der Waals surface area contributed by atoms with Crippen LogP contribution in [-0.4, -0.2) is 34.3 Å². The number of carboxylic acid groups (broad SMARTS) is 1. The number of carbonyl (C=O) groups is 2. The van der Waals surface area contributed by atoms with Crippen LogP contribution in [0.4, 0.5) is 0 Å². The van der Waals surface area contributed by atoms with Crippen molar-refractivity contribution in [3.05, 3.63) is 34.9 Å². The summed E-state index contributed by atoms with van der Waals surface area (Å²) in [4.78, 5) is 24.8. The number of rotatable bonds is 4. The number of halogens is 2. The second-order valence-corrected chi connectivity index (χ2v) is 5.25. The standard InChI is InChI=1S/C13H13Cl2NO3/c14-6-8-5-11(17)16(7-8)12(13(18)19)9-3-1-2-4-10(9)15/h1-4,8,12H,5-7H2,(H,18,19)/t8?,12-/m1/s1. The zero-order valence-electron chi connectivity index (χ0n) is 10.1. The van der Waals surface area contributed by atoms with Gasteiger partial charge in [-0.1, -0.05) is 29.8 Å². The highest BCUT2D eigenvalue weighted by Crippen LogP contribution is 2.32. The van der Waals surface area contributed by atoms with Gasteiger partial charge in [0.1, 0.15) is 0 Å². The van der Waals surface area contributed by atoms with Gasteiger partial charge in [0.15, 0.2) is 6.04 Å². The molecule has 1 aromatic carbocycles. The molecular weight excluding hydrogens is 289 g/mol. The van der Waals surface area contributed by atoms with E-state index in [0.717, 1.165) is 0 Å². The second-order valence-electron chi connectivity index (χ2n) is 4.53. The summed E-state index contributed by atoms with van der Waals surface area (Å²) in [5.74, 6) is -0.940. The van der Waals surface area contributed by atoms with E-state index in [1.807, 2.05) is 0 Å². The maximum absolute atomic E-state index is 11.9.